The van der Waals surface area contributed by atoms with Crippen LogP contribution < -0.4 is 0 Å². The number of carbonyl (C=O) groups is 1. The molecule has 11 heteroatoms. The maximum Gasteiger partial charge on any atom is 0.416 e. The predicted octanol–water partition coefficient (Wildman–Crippen LogP) is 4.91. The second-order valence-corrected chi connectivity index (χ2v) is 11.7. The highest BCUT2D eigenvalue weighted by molar-refractivity contribution is 7.11. The molecule has 0 radical (unpaired) electrons. The Morgan fingerprint density at radius 1 is 1.29 bits per heavy atom. The molecular formula is C27H32F3N3O4S. The number of rotatable bonds is 8. The summed E-state index contributed by atoms with van der Waals surface area (Å²) in [5, 5.41) is 16.0. The fraction of sp³-hybridized carbons (Fsp3) is 0.593. The molecule has 2 aliphatic heterocycles. The van der Waals surface area contributed by atoms with Gasteiger partial charge in [-0.15, -0.1) is 11.3 Å². The van der Waals surface area contributed by atoms with E-state index < -0.39 is 23.4 Å². The number of thiazole rings is 1. The Morgan fingerprint density at radius 2 is 2.08 bits per heavy atom. The number of ketones is 1. The first kappa shape index (κ1) is 27.2. The van der Waals surface area contributed by atoms with Gasteiger partial charge in [0.25, 0.3) is 0 Å². The van der Waals surface area contributed by atoms with Crippen molar-refractivity contribution in [2.75, 3.05) is 20.2 Å². The highest BCUT2D eigenvalue weighted by Gasteiger charge is 2.40. The Kier molecular flexibility index (Phi) is 7.91. The van der Waals surface area contributed by atoms with E-state index in [4.69, 9.17) is 9.57 Å². The van der Waals surface area contributed by atoms with E-state index in [9.17, 15) is 23.1 Å². The average molecular weight is 552 g/mol. The molecule has 1 aliphatic carbocycles. The van der Waals surface area contributed by atoms with Gasteiger partial charge < -0.3 is 19.6 Å². The number of ether oxygens (including phenoxy) is 1. The van der Waals surface area contributed by atoms with Crippen LogP contribution in [0.25, 0.3) is 0 Å². The van der Waals surface area contributed by atoms with Gasteiger partial charge in [-0.05, 0) is 56.7 Å². The summed E-state index contributed by atoms with van der Waals surface area (Å²) in [6, 6.07) is 5.32. The number of methoxy groups -OCH3 is 1. The summed E-state index contributed by atoms with van der Waals surface area (Å²) in [5.41, 5.74) is -0.894. The molecule has 2 aromatic rings. The normalized spacial score (nSPS) is 28.3. The highest BCUT2D eigenvalue weighted by atomic mass is 32.1. The van der Waals surface area contributed by atoms with E-state index in [1.165, 1.54) is 17.4 Å². The first-order valence-corrected chi connectivity index (χ1v) is 13.8. The van der Waals surface area contributed by atoms with Crippen LogP contribution in [0.5, 0.6) is 0 Å². The van der Waals surface area contributed by atoms with Crippen LogP contribution in [0.4, 0.5) is 13.2 Å². The Labute approximate surface area is 223 Å². The van der Waals surface area contributed by atoms with Crippen LogP contribution in [-0.4, -0.2) is 58.8 Å². The molecule has 7 nitrogen and oxygen atoms in total. The number of Topliss-reactive ketones (excluding diaryl/α,β-unsaturated/α-hetero) is 1. The minimum Gasteiger partial charge on any atom is -0.384 e. The number of likely N-dealkylation sites (tertiary alicyclic amines) is 1. The van der Waals surface area contributed by atoms with Crippen LogP contribution in [0.2, 0.25) is 0 Å². The number of nitrogens with zero attached hydrogens (tertiary/aromatic N) is 3. The Morgan fingerprint density at radius 3 is 2.82 bits per heavy atom. The summed E-state index contributed by atoms with van der Waals surface area (Å²) < 4.78 is 44.3. The van der Waals surface area contributed by atoms with Gasteiger partial charge in [0.05, 0.1) is 22.8 Å². The zero-order chi connectivity index (χ0) is 26.9. The van der Waals surface area contributed by atoms with Crippen molar-refractivity contribution in [2.45, 2.75) is 75.5 Å². The third kappa shape index (κ3) is 5.95. The molecule has 1 saturated carbocycles. The van der Waals surface area contributed by atoms with E-state index in [-0.39, 0.29) is 18.1 Å². The smallest absolute Gasteiger partial charge is 0.384 e. The number of hydrogen-bond acceptors (Lipinski definition) is 8. The minimum atomic E-state index is -4.44. The standard InChI is InChI=1S/C27H32F3N3O4S/c1-36-16-25-31-14-24(38-25)26(35)8-5-20(6-9-26)33-10-7-17(15-33)11-22(34)23-13-21(32-37-23)18-3-2-4-19(12-18)27(28,29)30/h2-4,12,14,17,20,23,35H,5-11,13,15-16H2,1H3. The number of halogens is 3. The third-order valence-corrected chi connectivity index (χ3v) is 9.10. The van der Waals surface area contributed by atoms with Gasteiger partial charge in [0.2, 0.25) is 0 Å². The molecule has 0 spiro atoms. The fourth-order valence-electron chi connectivity index (χ4n) is 5.78. The third-order valence-electron chi connectivity index (χ3n) is 7.94. The predicted molar refractivity (Wildman–Crippen MR) is 136 cm³/mol. The molecular weight excluding hydrogens is 519 g/mol. The molecule has 1 N–H and O–H groups in total. The maximum absolute atomic E-state index is 13.0. The minimum absolute atomic E-state index is 0.0577. The van der Waals surface area contributed by atoms with Crippen molar-refractivity contribution in [3.8, 4) is 0 Å². The number of carbonyl (C=O) groups excluding carboxylic acids is 1. The van der Waals surface area contributed by atoms with E-state index in [0.29, 0.717) is 43.2 Å². The highest BCUT2D eigenvalue weighted by Crippen LogP contribution is 2.42. The number of alkyl halides is 3. The molecule has 1 aromatic carbocycles. The second-order valence-electron chi connectivity index (χ2n) is 10.5. The molecule has 0 amide bonds. The van der Waals surface area contributed by atoms with Crippen molar-refractivity contribution >= 4 is 22.8 Å². The number of aliphatic hydroxyl groups is 1. The maximum atomic E-state index is 13.0. The van der Waals surface area contributed by atoms with Crippen LogP contribution in [0.15, 0.2) is 35.6 Å². The molecule has 2 atom stereocenters. The van der Waals surface area contributed by atoms with Crippen LogP contribution >= 0.6 is 11.3 Å². The van der Waals surface area contributed by atoms with E-state index in [0.717, 1.165) is 54.4 Å². The van der Waals surface area contributed by atoms with Gasteiger partial charge in [-0.2, -0.15) is 13.2 Å². The van der Waals surface area contributed by atoms with Gasteiger partial charge in [-0.3, -0.25) is 4.79 Å². The van der Waals surface area contributed by atoms with Crippen LogP contribution in [0.1, 0.15) is 66.0 Å². The molecule has 206 valence electrons. The van der Waals surface area contributed by atoms with Gasteiger partial charge in [0.1, 0.15) is 10.6 Å². The summed E-state index contributed by atoms with van der Waals surface area (Å²) in [7, 11) is 1.63. The topological polar surface area (TPSA) is 84.3 Å². The Bertz CT molecular complexity index is 1180. The quantitative estimate of drug-likeness (QED) is 0.502. The molecule has 5 rings (SSSR count). The number of aromatic nitrogens is 1. The van der Waals surface area contributed by atoms with Crippen LogP contribution in [0, 0.1) is 5.92 Å². The SMILES string of the molecule is COCc1ncc(C2(O)CCC(N3CCC(CC(=O)C4CC(c5cccc(C(F)(F)F)c5)=NO4)C3)CC2)s1. The van der Waals surface area contributed by atoms with Crippen molar-refractivity contribution in [1.29, 1.82) is 0 Å². The Hall–Kier alpha value is -2.34. The fourth-order valence-corrected chi connectivity index (χ4v) is 6.82. The van der Waals surface area contributed by atoms with Crippen molar-refractivity contribution in [1.82, 2.24) is 9.88 Å². The lowest BCUT2D eigenvalue weighted by atomic mass is 9.81. The zero-order valence-corrected chi connectivity index (χ0v) is 22.1. The second kappa shape index (κ2) is 11.0. The van der Waals surface area contributed by atoms with Gasteiger partial charge in [0.15, 0.2) is 11.9 Å². The van der Waals surface area contributed by atoms with Gasteiger partial charge in [0, 0.05) is 44.3 Å². The first-order valence-electron chi connectivity index (χ1n) is 13.0. The molecule has 3 aliphatic rings. The van der Waals surface area contributed by atoms with E-state index in [2.05, 4.69) is 15.0 Å². The lowest BCUT2D eigenvalue weighted by Crippen LogP contribution is -2.41. The van der Waals surface area contributed by atoms with Crippen molar-refractivity contribution < 1.29 is 32.6 Å². The molecule has 1 saturated heterocycles. The summed E-state index contributed by atoms with van der Waals surface area (Å²) in [6.45, 7) is 2.18. The summed E-state index contributed by atoms with van der Waals surface area (Å²) in [6.07, 6.45) is 1.17. The van der Waals surface area contributed by atoms with E-state index >= 15 is 0 Å². The summed E-state index contributed by atoms with van der Waals surface area (Å²) >= 11 is 1.51. The molecule has 0 bridgehead atoms. The van der Waals surface area contributed by atoms with Crippen LogP contribution in [-0.2, 0) is 32.8 Å². The van der Waals surface area contributed by atoms with E-state index in [1.54, 1.807) is 19.4 Å². The van der Waals surface area contributed by atoms with E-state index in [1.807, 2.05) is 0 Å². The van der Waals surface area contributed by atoms with Crippen LogP contribution in [0.3, 0.4) is 0 Å². The molecule has 38 heavy (non-hydrogen) atoms. The van der Waals surface area contributed by atoms with Gasteiger partial charge in [-0.1, -0.05) is 17.3 Å². The summed E-state index contributed by atoms with van der Waals surface area (Å²) in [5.74, 6) is 0.153. The summed E-state index contributed by atoms with van der Waals surface area (Å²) in [4.78, 5) is 26.0. The van der Waals surface area contributed by atoms with Gasteiger partial charge >= 0.3 is 6.18 Å². The van der Waals surface area contributed by atoms with Crippen molar-refractivity contribution in [3.63, 3.8) is 0 Å². The number of oxime groups is 1. The monoisotopic (exact) mass is 551 g/mol. The lowest BCUT2D eigenvalue weighted by molar-refractivity contribution is -0.137. The zero-order valence-electron chi connectivity index (χ0n) is 21.2. The largest absolute Gasteiger partial charge is 0.416 e. The van der Waals surface area contributed by atoms with Crippen molar-refractivity contribution in [3.05, 3.63) is 51.5 Å². The number of benzene rings is 1. The average Bonchev–Trinajstić information content (AvgIpc) is 3.66. The number of hydrogen-bond donors (Lipinski definition) is 1. The van der Waals surface area contributed by atoms with Crippen molar-refractivity contribution in [2.24, 2.45) is 11.1 Å². The lowest BCUT2D eigenvalue weighted by Gasteiger charge is -2.39. The van der Waals surface area contributed by atoms with Gasteiger partial charge in [-0.25, -0.2) is 4.98 Å². The molecule has 2 unspecified atom stereocenters. The molecule has 3 heterocycles. The first-order chi connectivity index (χ1) is 18.1. The Balaban J connectivity index is 1.09. The molecule has 1 aromatic heterocycles. The molecule has 2 fully saturated rings.